The van der Waals surface area contributed by atoms with Gasteiger partial charge in [0.05, 0.1) is 17.0 Å². The Morgan fingerprint density at radius 3 is 2.90 bits per heavy atom. The van der Waals surface area contributed by atoms with Crippen molar-refractivity contribution in [3.63, 3.8) is 0 Å². The average Bonchev–Trinajstić information content (AvgIpc) is 3.23. The van der Waals surface area contributed by atoms with Gasteiger partial charge in [-0.1, -0.05) is 24.8 Å². The highest BCUT2D eigenvalue weighted by Gasteiger charge is 2.25. The Bertz CT molecular complexity index is 1210. The van der Waals surface area contributed by atoms with Gasteiger partial charge in [-0.2, -0.15) is 0 Å². The summed E-state index contributed by atoms with van der Waals surface area (Å²) in [6, 6.07) is 12.4. The zero-order valence-corrected chi connectivity index (χ0v) is 16.5. The van der Waals surface area contributed by atoms with E-state index in [4.69, 9.17) is 0 Å². The largest absolute Gasteiger partial charge is 0.398 e. The summed E-state index contributed by atoms with van der Waals surface area (Å²) < 4.78 is 1.44. The van der Waals surface area contributed by atoms with E-state index in [0.717, 1.165) is 11.1 Å². The molecular formula is C22H19N5O4. The maximum absolute atomic E-state index is 12.0. The molecule has 0 bridgehead atoms. The molecule has 31 heavy (non-hydrogen) atoms. The predicted octanol–water partition coefficient (Wildman–Crippen LogP) is 2.54. The van der Waals surface area contributed by atoms with Crippen molar-refractivity contribution in [2.75, 3.05) is 6.54 Å². The third-order valence-electron chi connectivity index (χ3n) is 5.04. The van der Waals surface area contributed by atoms with Gasteiger partial charge < -0.3 is 20.7 Å². The van der Waals surface area contributed by atoms with Crippen LogP contribution in [-0.4, -0.2) is 33.1 Å². The Labute approximate surface area is 177 Å². The molecule has 0 fully saturated rings. The van der Waals surface area contributed by atoms with E-state index in [9.17, 15) is 19.7 Å². The topological polar surface area (TPSA) is 119 Å². The Morgan fingerprint density at radius 2 is 2.13 bits per heavy atom. The molecule has 0 spiro atoms. The summed E-state index contributed by atoms with van der Waals surface area (Å²) >= 11 is 0. The van der Waals surface area contributed by atoms with Crippen molar-refractivity contribution >= 4 is 17.6 Å². The molecule has 0 aliphatic carbocycles. The zero-order valence-electron chi connectivity index (χ0n) is 16.5. The number of benzene rings is 2. The lowest BCUT2D eigenvalue weighted by atomic mass is 9.96. The zero-order chi connectivity index (χ0) is 22.0. The van der Waals surface area contributed by atoms with Crippen molar-refractivity contribution in [3.8, 4) is 16.8 Å². The number of rotatable bonds is 6. The maximum Gasteiger partial charge on any atom is 0.398 e. The van der Waals surface area contributed by atoms with Crippen LogP contribution in [-0.2, 0) is 17.8 Å². The summed E-state index contributed by atoms with van der Waals surface area (Å²) in [5.41, 5.74) is 3.86. The van der Waals surface area contributed by atoms with Crippen molar-refractivity contribution < 1.29 is 14.5 Å². The molecule has 3 aromatic rings. The lowest BCUT2D eigenvalue weighted by Gasteiger charge is -2.16. The number of hydrogen-bond acceptors (Lipinski definition) is 5. The fourth-order valence-corrected chi connectivity index (χ4v) is 3.50. The number of nitrogens with zero attached hydrogens (tertiary/aromatic N) is 3. The van der Waals surface area contributed by atoms with Gasteiger partial charge in [0.2, 0.25) is 5.91 Å². The van der Waals surface area contributed by atoms with E-state index in [1.54, 1.807) is 36.5 Å². The predicted molar refractivity (Wildman–Crippen MR) is 114 cm³/mol. The van der Waals surface area contributed by atoms with Crippen LogP contribution in [0.2, 0.25) is 0 Å². The summed E-state index contributed by atoms with van der Waals surface area (Å²) in [7, 11) is 0. The Kier molecular flexibility index (Phi) is 5.31. The van der Waals surface area contributed by atoms with Crippen LogP contribution >= 0.6 is 0 Å². The molecule has 0 saturated heterocycles. The minimum absolute atomic E-state index is 0.140. The smallest absolute Gasteiger partial charge is 0.358 e. The summed E-state index contributed by atoms with van der Waals surface area (Å²) in [6.07, 6.45) is 3.45. The van der Waals surface area contributed by atoms with E-state index in [0.29, 0.717) is 41.9 Å². The number of nitro groups is 1. The minimum Gasteiger partial charge on any atom is -0.358 e. The highest BCUT2D eigenvalue weighted by atomic mass is 16.6. The van der Waals surface area contributed by atoms with Gasteiger partial charge in [-0.25, -0.2) is 0 Å². The van der Waals surface area contributed by atoms with Gasteiger partial charge in [0.1, 0.15) is 5.56 Å². The second-order valence-electron chi connectivity index (χ2n) is 7.04. The number of carbonyl (C=O) groups is 2. The second kappa shape index (κ2) is 8.23. The monoisotopic (exact) mass is 417 g/mol. The van der Waals surface area contributed by atoms with E-state index in [2.05, 4.69) is 22.3 Å². The molecule has 1 aliphatic rings. The van der Waals surface area contributed by atoms with Crippen molar-refractivity contribution in [1.82, 2.24) is 20.4 Å². The number of amides is 2. The summed E-state index contributed by atoms with van der Waals surface area (Å²) in [6.45, 7) is 4.24. The Hall–Kier alpha value is -4.27. The van der Waals surface area contributed by atoms with E-state index >= 15 is 0 Å². The van der Waals surface area contributed by atoms with Crippen molar-refractivity contribution in [3.05, 3.63) is 88.1 Å². The lowest BCUT2D eigenvalue weighted by molar-refractivity contribution is -0.389. The van der Waals surface area contributed by atoms with Crippen LogP contribution in [0.15, 0.2) is 61.3 Å². The molecule has 0 radical (unpaired) electrons. The SMILES string of the molecule is C=CC(=O)NCc1cccc(-n2cc(-c3ccc4c(c3)CCNC4=O)c([N+](=O)[O-])n2)c1. The fourth-order valence-electron chi connectivity index (χ4n) is 3.50. The number of carbonyl (C=O) groups excluding carboxylic acids is 2. The van der Waals surface area contributed by atoms with E-state index < -0.39 is 4.92 Å². The molecule has 9 heteroatoms. The molecule has 2 N–H and O–H groups in total. The number of fused-ring (bicyclic) bond motifs is 1. The fraction of sp³-hybridized carbons (Fsp3) is 0.136. The first-order valence-electron chi connectivity index (χ1n) is 9.61. The molecule has 2 heterocycles. The van der Waals surface area contributed by atoms with Crippen molar-refractivity contribution in [2.45, 2.75) is 13.0 Å². The molecule has 0 saturated carbocycles. The van der Waals surface area contributed by atoms with Gasteiger partial charge in [-0.3, -0.25) is 9.59 Å². The Balaban J connectivity index is 1.70. The molecule has 2 aromatic carbocycles. The first-order valence-corrected chi connectivity index (χ1v) is 9.61. The van der Waals surface area contributed by atoms with Crippen molar-refractivity contribution in [1.29, 1.82) is 0 Å². The number of aromatic nitrogens is 2. The highest BCUT2D eigenvalue weighted by molar-refractivity contribution is 5.97. The van der Waals surface area contributed by atoms with E-state index in [1.807, 2.05) is 12.1 Å². The summed E-state index contributed by atoms with van der Waals surface area (Å²) in [5.74, 6) is -0.701. The lowest BCUT2D eigenvalue weighted by Crippen LogP contribution is -2.31. The van der Waals surface area contributed by atoms with E-state index in [-0.39, 0.29) is 17.6 Å². The molecule has 0 unspecified atom stereocenters. The van der Waals surface area contributed by atoms with Gasteiger partial charge >= 0.3 is 5.82 Å². The molecule has 1 aromatic heterocycles. The summed E-state index contributed by atoms with van der Waals surface area (Å²) in [4.78, 5) is 34.5. The normalized spacial score (nSPS) is 12.6. The standard InChI is InChI=1S/C22H19N5O4/c1-2-20(28)24-12-14-4-3-5-17(10-14)26-13-19(21(25-26)27(30)31)15-6-7-18-16(11-15)8-9-23-22(18)29/h2-7,10-11,13H,1,8-9,12H2,(H,23,29)(H,24,28). The first-order chi connectivity index (χ1) is 15.0. The molecule has 0 atom stereocenters. The van der Waals surface area contributed by atoms with Gasteiger partial charge in [0.15, 0.2) is 0 Å². The molecule has 156 valence electrons. The first kappa shape index (κ1) is 20.0. The quantitative estimate of drug-likeness (QED) is 0.363. The van der Waals surface area contributed by atoms with Gasteiger partial charge in [-0.05, 0) is 58.4 Å². The summed E-state index contributed by atoms with van der Waals surface area (Å²) in [5, 5.41) is 21.3. The van der Waals surface area contributed by atoms with Gasteiger partial charge in [0.25, 0.3) is 5.91 Å². The average molecular weight is 417 g/mol. The highest BCUT2D eigenvalue weighted by Crippen LogP contribution is 2.32. The number of hydrogen-bond donors (Lipinski definition) is 2. The molecule has 9 nitrogen and oxygen atoms in total. The van der Waals surface area contributed by atoms with Crippen LogP contribution < -0.4 is 10.6 Å². The van der Waals surface area contributed by atoms with Crippen LogP contribution in [0.3, 0.4) is 0 Å². The van der Waals surface area contributed by atoms with Gasteiger partial charge in [-0.15, -0.1) is 4.68 Å². The number of nitrogens with one attached hydrogen (secondary N) is 2. The van der Waals surface area contributed by atoms with Gasteiger partial charge in [0, 0.05) is 18.7 Å². The van der Waals surface area contributed by atoms with Crippen molar-refractivity contribution in [2.24, 2.45) is 0 Å². The second-order valence-corrected chi connectivity index (χ2v) is 7.04. The van der Waals surface area contributed by atoms with Crippen LogP contribution in [0.25, 0.3) is 16.8 Å². The molecule has 2 amide bonds. The Morgan fingerprint density at radius 1 is 1.29 bits per heavy atom. The third-order valence-corrected chi connectivity index (χ3v) is 5.04. The third kappa shape index (κ3) is 4.06. The van der Waals surface area contributed by atoms with E-state index in [1.165, 1.54) is 10.8 Å². The van der Waals surface area contributed by atoms with Crippen LogP contribution in [0.1, 0.15) is 21.5 Å². The van der Waals surface area contributed by atoms with Crippen LogP contribution in [0, 0.1) is 10.1 Å². The molecule has 1 aliphatic heterocycles. The van der Waals surface area contributed by atoms with Crippen LogP contribution in [0.4, 0.5) is 5.82 Å². The minimum atomic E-state index is -0.522. The van der Waals surface area contributed by atoms with Crippen LogP contribution in [0.5, 0.6) is 0 Å². The molecular weight excluding hydrogens is 398 g/mol. The maximum atomic E-state index is 12.0. The molecule has 4 rings (SSSR count).